The van der Waals surface area contributed by atoms with Crippen LogP contribution in [0.1, 0.15) is 12.8 Å². The maximum atomic E-state index is 13.6. The molecular formula is C25H29ClN4O4. The van der Waals surface area contributed by atoms with Gasteiger partial charge < -0.3 is 24.3 Å². The normalized spacial score (nSPS) is 17.3. The summed E-state index contributed by atoms with van der Waals surface area (Å²) < 4.78 is 5.61. The minimum absolute atomic E-state index is 0.0362. The van der Waals surface area contributed by atoms with Gasteiger partial charge in [-0.15, -0.1) is 0 Å². The molecule has 0 radical (unpaired) electrons. The van der Waals surface area contributed by atoms with Crippen LogP contribution in [0.2, 0.25) is 5.02 Å². The van der Waals surface area contributed by atoms with Gasteiger partial charge in [-0.25, -0.2) is 0 Å². The Morgan fingerprint density at radius 1 is 1.03 bits per heavy atom. The molecule has 0 saturated carbocycles. The Morgan fingerprint density at radius 2 is 1.68 bits per heavy atom. The number of hydrogen-bond acceptors (Lipinski definition) is 5. The zero-order valence-electron chi connectivity index (χ0n) is 19.4. The van der Waals surface area contributed by atoms with Crippen LogP contribution in [-0.4, -0.2) is 85.0 Å². The third-order valence-electron chi connectivity index (χ3n) is 6.53. The fourth-order valence-electron chi connectivity index (χ4n) is 4.52. The Kier molecular flexibility index (Phi) is 6.97. The quantitative estimate of drug-likeness (QED) is 0.630. The highest BCUT2D eigenvalue weighted by molar-refractivity contribution is 6.30. The number of rotatable bonds is 6. The molecule has 2 aromatic rings. The molecule has 0 atom stereocenters. The van der Waals surface area contributed by atoms with Gasteiger partial charge in [-0.1, -0.05) is 29.8 Å². The van der Waals surface area contributed by atoms with Gasteiger partial charge in [0.05, 0.1) is 6.67 Å². The molecule has 2 aromatic carbocycles. The number of likely N-dealkylation sites (tertiary alicyclic amines) is 1. The van der Waals surface area contributed by atoms with Crippen LogP contribution >= 0.6 is 11.6 Å². The first kappa shape index (κ1) is 23.9. The molecule has 0 N–H and O–H groups in total. The SMILES string of the molecule is CN(C)C(=O)CN1CN(c2ccccc2)C2(CCN(C(=O)COc3ccc(Cl)cc3)CC2)C1=O. The van der Waals surface area contributed by atoms with E-state index in [4.69, 9.17) is 16.3 Å². The minimum atomic E-state index is -0.776. The topological polar surface area (TPSA) is 73.4 Å². The van der Waals surface area contributed by atoms with Gasteiger partial charge in [0.15, 0.2) is 6.61 Å². The highest BCUT2D eigenvalue weighted by Gasteiger charge is 2.54. The number of carbonyl (C=O) groups is 3. The van der Waals surface area contributed by atoms with Crippen molar-refractivity contribution in [3.05, 3.63) is 59.6 Å². The first-order valence-electron chi connectivity index (χ1n) is 11.3. The van der Waals surface area contributed by atoms with Gasteiger partial charge in [0, 0.05) is 37.9 Å². The van der Waals surface area contributed by atoms with Crippen molar-refractivity contribution >= 4 is 35.0 Å². The molecule has 2 heterocycles. The molecule has 0 aromatic heterocycles. The molecule has 2 aliphatic heterocycles. The summed E-state index contributed by atoms with van der Waals surface area (Å²) in [4.78, 5) is 45.7. The second-order valence-corrected chi connectivity index (χ2v) is 9.29. The standard InChI is InChI=1S/C25H29ClN4O4/c1-27(2)22(31)16-29-18-30(20-6-4-3-5-7-20)25(24(29)33)12-14-28(15-13-25)23(32)17-34-21-10-8-19(26)9-11-21/h3-11H,12-18H2,1-2H3. The summed E-state index contributed by atoms with van der Waals surface area (Å²) in [6.45, 7) is 1.18. The number of para-hydroxylation sites is 1. The van der Waals surface area contributed by atoms with Crippen LogP contribution in [0, 0.1) is 0 Å². The largest absolute Gasteiger partial charge is 0.484 e. The molecular weight excluding hydrogens is 456 g/mol. The average molecular weight is 485 g/mol. The summed E-state index contributed by atoms with van der Waals surface area (Å²) >= 11 is 5.89. The van der Waals surface area contributed by atoms with E-state index in [9.17, 15) is 14.4 Å². The highest BCUT2D eigenvalue weighted by Crippen LogP contribution is 2.39. The number of anilines is 1. The summed E-state index contributed by atoms with van der Waals surface area (Å²) in [7, 11) is 3.37. The van der Waals surface area contributed by atoms with Crippen molar-refractivity contribution in [2.45, 2.75) is 18.4 Å². The fourth-order valence-corrected chi connectivity index (χ4v) is 4.65. The summed E-state index contributed by atoms with van der Waals surface area (Å²) in [6.07, 6.45) is 0.972. The number of likely N-dealkylation sites (N-methyl/N-ethyl adjacent to an activating group) is 1. The van der Waals surface area contributed by atoms with Gasteiger partial charge in [-0.05, 0) is 49.2 Å². The van der Waals surface area contributed by atoms with Crippen LogP contribution in [0.4, 0.5) is 5.69 Å². The van der Waals surface area contributed by atoms with Crippen LogP contribution in [-0.2, 0) is 14.4 Å². The molecule has 0 bridgehead atoms. The van der Waals surface area contributed by atoms with Crippen molar-refractivity contribution in [2.24, 2.45) is 0 Å². The Bertz CT molecular complexity index is 1040. The van der Waals surface area contributed by atoms with E-state index in [0.29, 0.717) is 43.4 Å². The van der Waals surface area contributed by atoms with Crippen molar-refractivity contribution in [3.8, 4) is 5.75 Å². The van der Waals surface area contributed by atoms with E-state index in [1.807, 2.05) is 30.3 Å². The Labute approximate surface area is 204 Å². The maximum Gasteiger partial charge on any atom is 0.260 e. The molecule has 1 spiro atoms. The molecule has 0 aliphatic carbocycles. The van der Waals surface area contributed by atoms with Crippen LogP contribution in [0.15, 0.2) is 54.6 Å². The van der Waals surface area contributed by atoms with E-state index in [1.165, 1.54) is 4.90 Å². The molecule has 2 saturated heterocycles. The fraction of sp³-hybridized carbons (Fsp3) is 0.400. The Hall–Kier alpha value is -3.26. The zero-order valence-corrected chi connectivity index (χ0v) is 20.2. The number of piperidine rings is 1. The molecule has 9 heteroatoms. The maximum absolute atomic E-state index is 13.6. The predicted molar refractivity (Wildman–Crippen MR) is 130 cm³/mol. The van der Waals surface area contributed by atoms with Gasteiger partial charge in [0.2, 0.25) is 5.91 Å². The van der Waals surface area contributed by atoms with Gasteiger partial charge in [0.25, 0.3) is 11.8 Å². The number of hydrogen-bond donors (Lipinski definition) is 0. The van der Waals surface area contributed by atoms with Gasteiger partial charge >= 0.3 is 0 Å². The first-order chi connectivity index (χ1) is 16.3. The van der Waals surface area contributed by atoms with E-state index in [-0.39, 0.29) is 30.9 Å². The van der Waals surface area contributed by atoms with Gasteiger partial charge in [-0.2, -0.15) is 0 Å². The second kappa shape index (κ2) is 9.93. The van der Waals surface area contributed by atoms with E-state index < -0.39 is 5.54 Å². The van der Waals surface area contributed by atoms with Crippen LogP contribution in [0.25, 0.3) is 0 Å². The van der Waals surface area contributed by atoms with Crippen molar-refractivity contribution in [1.29, 1.82) is 0 Å². The second-order valence-electron chi connectivity index (χ2n) is 8.85. The van der Waals surface area contributed by atoms with Crippen LogP contribution in [0.3, 0.4) is 0 Å². The van der Waals surface area contributed by atoms with Crippen molar-refractivity contribution < 1.29 is 19.1 Å². The zero-order chi connectivity index (χ0) is 24.3. The number of amides is 3. The molecule has 2 aliphatic rings. The molecule has 2 fully saturated rings. The molecule has 0 unspecified atom stereocenters. The number of benzene rings is 2. The molecule has 3 amide bonds. The van der Waals surface area contributed by atoms with Crippen LogP contribution < -0.4 is 9.64 Å². The summed E-state index contributed by atoms with van der Waals surface area (Å²) in [5.74, 6) is 0.274. The monoisotopic (exact) mass is 484 g/mol. The van der Waals surface area contributed by atoms with Crippen LogP contribution in [0.5, 0.6) is 5.75 Å². The lowest BCUT2D eigenvalue weighted by Gasteiger charge is -2.43. The molecule has 180 valence electrons. The number of nitrogens with zero attached hydrogens (tertiary/aromatic N) is 4. The lowest BCUT2D eigenvalue weighted by Crippen LogP contribution is -2.58. The van der Waals surface area contributed by atoms with Gasteiger partial charge in [-0.3, -0.25) is 14.4 Å². The predicted octanol–water partition coefficient (Wildman–Crippen LogP) is 2.47. The highest BCUT2D eigenvalue weighted by atomic mass is 35.5. The summed E-state index contributed by atoms with van der Waals surface area (Å²) in [6, 6.07) is 16.6. The third kappa shape index (κ3) is 4.82. The molecule has 34 heavy (non-hydrogen) atoms. The van der Waals surface area contributed by atoms with E-state index in [1.54, 1.807) is 48.2 Å². The number of halogens is 1. The lowest BCUT2D eigenvalue weighted by molar-refractivity contribution is -0.141. The average Bonchev–Trinajstić information content (AvgIpc) is 3.10. The van der Waals surface area contributed by atoms with Crippen molar-refractivity contribution in [1.82, 2.24) is 14.7 Å². The first-order valence-corrected chi connectivity index (χ1v) is 11.7. The minimum Gasteiger partial charge on any atom is -0.484 e. The van der Waals surface area contributed by atoms with Crippen molar-refractivity contribution in [3.63, 3.8) is 0 Å². The Balaban J connectivity index is 1.45. The Morgan fingerprint density at radius 3 is 2.29 bits per heavy atom. The number of carbonyl (C=O) groups excluding carboxylic acids is 3. The van der Waals surface area contributed by atoms with Gasteiger partial charge in [0.1, 0.15) is 17.8 Å². The van der Waals surface area contributed by atoms with E-state index in [2.05, 4.69) is 4.90 Å². The number of ether oxygens (including phenoxy) is 1. The van der Waals surface area contributed by atoms with E-state index in [0.717, 1.165) is 5.69 Å². The molecule has 4 rings (SSSR count). The smallest absolute Gasteiger partial charge is 0.260 e. The van der Waals surface area contributed by atoms with E-state index >= 15 is 0 Å². The van der Waals surface area contributed by atoms with Crippen molar-refractivity contribution in [2.75, 3.05) is 51.9 Å². The summed E-state index contributed by atoms with van der Waals surface area (Å²) in [5, 5.41) is 0.602. The third-order valence-corrected chi connectivity index (χ3v) is 6.78. The summed E-state index contributed by atoms with van der Waals surface area (Å²) in [5.41, 5.74) is 0.156. The lowest BCUT2D eigenvalue weighted by atomic mass is 9.85. The molecule has 8 nitrogen and oxygen atoms in total.